The van der Waals surface area contributed by atoms with Crippen molar-refractivity contribution in [1.82, 2.24) is 4.98 Å². The van der Waals surface area contributed by atoms with E-state index in [0.717, 1.165) is 11.5 Å². The fourth-order valence-electron chi connectivity index (χ4n) is 1.35. The molecule has 0 saturated heterocycles. The lowest BCUT2D eigenvalue weighted by atomic mass is 10.2. The van der Waals surface area contributed by atoms with Gasteiger partial charge in [0.1, 0.15) is 5.82 Å². The monoisotopic (exact) mass is 199 g/mol. The summed E-state index contributed by atoms with van der Waals surface area (Å²) in [7, 11) is 0. The van der Waals surface area contributed by atoms with E-state index in [1.54, 1.807) is 6.20 Å². The van der Waals surface area contributed by atoms with Crippen LogP contribution in [0, 0.1) is 6.92 Å². The molecular weight excluding hydrogens is 186 g/mol. The number of aryl methyl sites for hydroxylation is 1. The largest absolute Gasteiger partial charge is 0.397 e. The van der Waals surface area contributed by atoms with Crippen LogP contribution in [-0.4, -0.2) is 4.98 Å². The maximum absolute atomic E-state index is 5.55. The van der Waals surface area contributed by atoms with Crippen molar-refractivity contribution < 1.29 is 0 Å². The fourth-order valence-corrected chi connectivity index (χ4v) is 1.35. The highest BCUT2D eigenvalue weighted by Gasteiger charge is 1.95. The third kappa shape index (κ3) is 2.47. The molecule has 1 aromatic heterocycles. The van der Waals surface area contributed by atoms with Gasteiger partial charge in [-0.05, 0) is 36.8 Å². The molecule has 3 nitrogen and oxygen atoms in total. The van der Waals surface area contributed by atoms with Crippen LogP contribution in [0.4, 0.5) is 17.2 Å². The van der Waals surface area contributed by atoms with Gasteiger partial charge >= 0.3 is 0 Å². The second-order valence-corrected chi connectivity index (χ2v) is 3.47. The summed E-state index contributed by atoms with van der Waals surface area (Å²) in [4.78, 5) is 4.17. The Labute approximate surface area is 89.0 Å². The SMILES string of the molecule is Cc1cccc(Nc2ccc(N)cn2)c1. The Bertz CT molecular complexity index is 449. The number of pyridine rings is 1. The predicted molar refractivity (Wildman–Crippen MR) is 63.1 cm³/mol. The smallest absolute Gasteiger partial charge is 0.130 e. The van der Waals surface area contributed by atoms with E-state index < -0.39 is 0 Å². The van der Waals surface area contributed by atoms with Crippen molar-refractivity contribution >= 4 is 17.2 Å². The molecule has 0 aliphatic carbocycles. The number of nitrogens with two attached hydrogens (primary N) is 1. The van der Waals surface area contributed by atoms with Crippen LogP contribution in [0.25, 0.3) is 0 Å². The van der Waals surface area contributed by atoms with Crippen molar-refractivity contribution in [2.24, 2.45) is 0 Å². The summed E-state index contributed by atoms with van der Waals surface area (Å²) in [5, 5.41) is 3.21. The number of hydrogen-bond donors (Lipinski definition) is 2. The van der Waals surface area contributed by atoms with Crippen LogP contribution in [0.5, 0.6) is 0 Å². The minimum atomic E-state index is 0.671. The lowest BCUT2D eigenvalue weighted by Gasteiger charge is -2.05. The van der Waals surface area contributed by atoms with E-state index in [9.17, 15) is 0 Å². The molecule has 76 valence electrons. The van der Waals surface area contributed by atoms with E-state index in [1.165, 1.54) is 5.56 Å². The normalized spacial score (nSPS) is 9.93. The number of rotatable bonds is 2. The van der Waals surface area contributed by atoms with Crippen LogP contribution in [0.1, 0.15) is 5.56 Å². The highest BCUT2D eigenvalue weighted by Crippen LogP contribution is 2.15. The maximum Gasteiger partial charge on any atom is 0.130 e. The molecule has 1 heterocycles. The van der Waals surface area contributed by atoms with Crippen LogP contribution in [-0.2, 0) is 0 Å². The summed E-state index contributed by atoms with van der Waals surface area (Å²) in [6.45, 7) is 2.06. The zero-order chi connectivity index (χ0) is 10.7. The van der Waals surface area contributed by atoms with E-state index in [-0.39, 0.29) is 0 Å². The number of hydrogen-bond acceptors (Lipinski definition) is 3. The molecule has 0 saturated carbocycles. The highest BCUT2D eigenvalue weighted by atomic mass is 15.0. The summed E-state index contributed by atoms with van der Waals surface area (Å²) >= 11 is 0. The Morgan fingerprint density at radius 3 is 2.73 bits per heavy atom. The van der Waals surface area contributed by atoms with Crippen LogP contribution < -0.4 is 11.1 Å². The molecule has 0 radical (unpaired) electrons. The number of nitrogens with zero attached hydrogens (tertiary/aromatic N) is 1. The Morgan fingerprint density at radius 1 is 1.20 bits per heavy atom. The van der Waals surface area contributed by atoms with Gasteiger partial charge < -0.3 is 11.1 Å². The average molecular weight is 199 g/mol. The zero-order valence-electron chi connectivity index (χ0n) is 8.57. The first-order valence-electron chi connectivity index (χ1n) is 4.79. The topological polar surface area (TPSA) is 50.9 Å². The minimum absolute atomic E-state index is 0.671. The summed E-state index contributed by atoms with van der Waals surface area (Å²) in [5.41, 5.74) is 8.48. The van der Waals surface area contributed by atoms with Gasteiger partial charge in [0.2, 0.25) is 0 Å². The number of benzene rings is 1. The van der Waals surface area contributed by atoms with Crippen LogP contribution in [0.3, 0.4) is 0 Å². The molecular formula is C12H13N3. The molecule has 0 aliphatic rings. The van der Waals surface area contributed by atoms with Crippen molar-refractivity contribution in [3.8, 4) is 0 Å². The number of nitrogens with one attached hydrogen (secondary N) is 1. The van der Waals surface area contributed by atoms with Crippen molar-refractivity contribution in [2.45, 2.75) is 6.92 Å². The summed E-state index contributed by atoms with van der Waals surface area (Å²) in [5.74, 6) is 0.801. The molecule has 3 heteroatoms. The Balaban J connectivity index is 2.18. The third-order valence-corrected chi connectivity index (χ3v) is 2.08. The number of anilines is 3. The first-order valence-corrected chi connectivity index (χ1v) is 4.79. The lowest BCUT2D eigenvalue weighted by Crippen LogP contribution is -1.94. The third-order valence-electron chi connectivity index (χ3n) is 2.08. The fraction of sp³-hybridized carbons (Fsp3) is 0.0833. The van der Waals surface area contributed by atoms with E-state index in [0.29, 0.717) is 5.69 Å². The first kappa shape index (κ1) is 9.52. The van der Waals surface area contributed by atoms with E-state index in [4.69, 9.17) is 5.73 Å². The maximum atomic E-state index is 5.55. The molecule has 3 N–H and O–H groups in total. The van der Waals surface area contributed by atoms with Crippen molar-refractivity contribution in [3.63, 3.8) is 0 Å². The Hall–Kier alpha value is -2.03. The Kier molecular flexibility index (Phi) is 2.54. The van der Waals surface area contributed by atoms with Crippen LogP contribution in [0.15, 0.2) is 42.6 Å². The van der Waals surface area contributed by atoms with Crippen LogP contribution >= 0.6 is 0 Å². The molecule has 0 atom stereocenters. The molecule has 1 aromatic carbocycles. The number of nitrogen functional groups attached to an aromatic ring is 1. The Morgan fingerprint density at radius 2 is 2.07 bits per heavy atom. The molecule has 0 amide bonds. The van der Waals surface area contributed by atoms with Crippen LogP contribution in [0.2, 0.25) is 0 Å². The average Bonchev–Trinajstić information content (AvgIpc) is 2.22. The van der Waals surface area contributed by atoms with Crippen molar-refractivity contribution in [3.05, 3.63) is 48.2 Å². The first-order chi connectivity index (χ1) is 7.24. The standard InChI is InChI=1S/C12H13N3/c1-9-3-2-4-11(7-9)15-12-6-5-10(13)8-14-12/h2-8H,13H2,1H3,(H,14,15). The lowest BCUT2D eigenvalue weighted by molar-refractivity contribution is 1.31. The zero-order valence-corrected chi connectivity index (χ0v) is 8.57. The molecule has 0 aliphatic heterocycles. The summed E-state index contributed by atoms with van der Waals surface area (Å²) < 4.78 is 0. The van der Waals surface area contributed by atoms with Gasteiger partial charge in [-0.2, -0.15) is 0 Å². The van der Waals surface area contributed by atoms with Gasteiger partial charge in [-0.25, -0.2) is 4.98 Å². The van der Waals surface area contributed by atoms with Gasteiger partial charge in [-0.3, -0.25) is 0 Å². The van der Waals surface area contributed by atoms with Gasteiger partial charge in [-0.1, -0.05) is 12.1 Å². The molecule has 0 spiro atoms. The van der Waals surface area contributed by atoms with Gasteiger partial charge in [0.25, 0.3) is 0 Å². The quantitative estimate of drug-likeness (QED) is 0.781. The van der Waals surface area contributed by atoms with Gasteiger partial charge in [0.05, 0.1) is 11.9 Å². The number of aromatic nitrogens is 1. The minimum Gasteiger partial charge on any atom is -0.397 e. The second kappa shape index (κ2) is 4.00. The second-order valence-electron chi connectivity index (χ2n) is 3.47. The van der Waals surface area contributed by atoms with E-state index in [1.807, 2.05) is 24.3 Å². The summed E-state index contributed by atoms with van der Waals surface area (Å²) in [6, 6.07) is 11.8. The summed E-state index contributed by atoms with van der Waals surface area (Å²) in [6.07, 6.45) is 1.64. The molecule has 0 unspecified atom stereocenters. The molecule has 2 aromatic rings. The molecule has 0 bridgehead atoms. The molecule has 15 heavy (non-hydrogen) atoms. The van der Waals surface area contributed by atoms with Crippen molar-refractivity contribution in [1.29, 1.82) is 0 Å². The van der Waals surface area contributed by atoms with E-state index in [2.05, 4.69) is 29.4 Å². The molecule has 0 fully saturated rings. The van der Waals surface area contributed by atoms with Crippen molar-refractivity contribution in [2.75, 3.05) is 11.1 Å². The van der Waals surface area contributed by atoms with Gasteiger partial charge in [-0.15, -0.1) is 0 Å². The van der Waals surface area contributed by atoms with Gasteiger partial charge in [0.15, 0.2) is 0 Å². The highest BCUT2D eigenvalue weighted by molar-refractivity contribution is 5.58. The van der Waals surface area contributed by atoms with E-state index >= 15 is 0 Å². The molecule has 2 rings (SSSR count). The predicted octanol–water partition coefficient (Wildman–Crippen LogP) is 2.72. The van der Waals surface area contributed by atoms with Gasteiger partial charge in [0, 0.05) is 5.69 Å².